The van der Waals surface area contributed by atoms with Crippen LogP contribution in [0, 0.1) is 0 Å². The molecule has 0 radical (unpaired) electrons. The lowest BCUT2D eigenvalue weighted by atomic mass is 9.87. The molecule has 1 amide bonds. The Balaban J connectivity index is 2.20. The molecule has 2 atom stereocenters. The number of hydrogen-bond acceptors (Lipinski definition) is 3. The molecule has 0 unspecified atom stereocenters. The fourth-order valence-electron chi connectivity index (χ4n) is 2.48. The van der Waals surface area contributed by atoms with E-state index in [0.717, 1.165) is 4.90 Å². The van der Waals surface area contributed by atoms with E-state index >= 15 is 0 Å². The molecule has 2 rings (SSSR count). The maximum absolute atomic E-state index is 12.6. The van der Waals surface area contributed by atoms with Crippen molar-refractivity contribution in [2.45, 2.75) is 36.0 Å². The van der Waals surface area contributed by atoms with Crippen LogP contribution in [-0.2, 0) is 15.1 Å². The van der Waals surface area contributed by atoms with E-state index in [4.69, 9.17) is 0 Å². The van der Waals surface area contributed by atoms with Crippen LogP contribution in [0.15, 0.2) is 65.6 Å². The minimum atomic E-state index is -1.41. The molecule has 0 aliphatic heterocycles. The van der Waals surface area contributed by atoms with E-state index < -0.39 is 16.8 Å². The smallest absolute Gasteiger partial charge is 0.334 e. The zero-order valence-corrected chi connectivity index (χ0v) is 14.5. The van der Waals surface area contributed by atoms with Crippen LogP contribution in [0.5, 0.6) is 0 Å². The topological polar surface area (TPSA) is 66.4 Å². The summed E-state index contributed by atoms with van der Waals surface area (Å²) in [6.07, 6.45) is 0.265. The highest BCUT2D eigenvalue weighted by Crippen LogP contribution is 2.28. The first kappa shape index (κ1) is 18.1. The maximum atomic E-state index is 12.6. The highest BCUT2D eigenvalue weighted by atomic mass is 32.2. The quantitative estimate of drug-likeness (QED) is 0.753. The van der Waals surface area contributed by atoms with Crippen LogP contribution >= 0.6 is 11.8 Å². The summed E-state index contributed by atoms with van der Waals surface area (Å²) in [5, 5.41) is 12.1. The molecule has 2 aromatic carbocycles. The standard InChI is InChI=1S/C19H21NO3S/c1-3-19(18(22)23,15-10-6-4-7-11-15)20-17(21)14(2)24-16-12-8-5-9-13-16/h4-14H,3H2,1-2H3,(H,20,21)(H,22,23)/t14-,19+/m0/s1. The molecule has 0 aromatic heterocycles. The van der Waals surface area contributed by atoms with Crippen LogP contribution in [-0.4, -0.2) is 22.2 Å². The van der Waals surface area contributed by atoms with Gasteiger partial charge in [0.25, 0.3) is 0 Å². The molecule has 0 saturated carbocycles. The third-order valence-electron chi connectivity index (χ3n) is 3.92. The lowest BCUT2D eigenvalue weighted by Crippen LogP contribution is -2.53. The molecule has 0 spiro atoms. The van der Waals surface area contributed by atoms with Crippen molar-refractivity contribution in [2.75, 3.05) is 0 Å². The Morgan fingerprint density at radius 3 is 2.12 bits per heavy atom. The molecule has 2 aromatic rings. The SMILES string of the molecule is CC[C@](NC(=O)[C@H](C)Sc1ccccc1)(C(=O)O)c1ccccc1. The van der Waals surface area contributed by atoms with E-state index in [1.165, 1.54) is 11.8 Å². The first-order chi connectivity index (χ1) is 11.5. The van der Waals surface area contributed by atoms with Gasteiger partial charge in [0.2, 0.25) is 5.91 Å². The number of rotatable bonds is 7. The van der Waals surface area contributed by atoms with Gasteiger partial charge >= 0.3 is 5.97 Å². The largest absolute Gasteiger partial charge is 0.479 e. The third-order valence-corrected chi connectivity index (χ3v) is 5.04. The molecule has 0 aliphatic carbocycles. The average Bonchev–Trinajstić information content (AvgIpc) is 2.60. The zero-order chi connectivity index (χ0) is 17.6. The van der Waals surface area contributed by atoms with Gasteiger partial charge in [-0.25, -0.2) is 4.79 Å². The Kier molecular flexibility index (Phi) is 6.04. The number of thioether (sulfide) groups is 1. The zero-order valence-electron chi connectivity index (χ0n) is 13.7. The number of carbonyl (C=O) groups is 2. The summed E-state index contributed by atoms with van der Waals surface area (Å²) >= 11 is 1.40. The third kappa shape index (κ3) is 3.97. The molecule has 0 heterocycles. The minimum Gasteiger partial charge on any atom is -0.479 e. The van der Waals surface area contributed by atoms with E-state index in [1.807, 2.05) is 36.4 Å². The van der Waals surface area contributed by atoms with E-state index in [-0.39, 0.29) is 12.3 Å². The molecule has 0 fully saturated rings. The fourth-order valence-corrected chi connectivity index (χ4v) is 3.37. The highest BCUT2D eigenvalue weighted by molar-refractivity contribution is 8.00. The Morgan fingerprint density at radius 2 is 1.62 bits per heavy atom. The van der Waals surface area contributed by atoms with Crippen molar-refractivity contribution >= 4 is 23.6 Å². The van der Waals surface area contributed by atoms with Crippen molar-refractivity contribution in [2.24, 2.45) is 0 Å². The summed E-state index contributed by atoms with van der Waals surface area (Å²) in [4.78, 5) is 25.5. The molecule has 24 heavy (non-hydrogen) atoms. The molecular formula is C19H21NO3S. The van der Waals surface area contributed by atoms with Crippen molar-refractivity contribution < 1.29 is 14.7 Å². The number of carbonyl (C=O) groups excluding carboxylic acids is 1. The molecule has 4 nitrogen and oxygen atoms in total. The van der Waals surface area contributed by atoms with E-state index in [9.17, 15) is 14.7 Å². The van der Waals surface area contributed by atoms with E-state index in [1.54, 1.807) is 38.1 Å². The van der Waals surface area contributed by atoms with Gasteiger partial charge in [0.15, 0.2) is 5.54 Å². The Morgan fingerprint density at radius 1 is 1.08 bits per heavy atom. The number of aliphatic carboxylic acids is 1. The predicted octanol–water partition coefficient (Wildman–Crippen LogP) is 3.67. The average molecular weight is 343 g/mol. The van der Waals surface area contributed by atoms with Gasteiger partial charge < -0.3 is 10.4 Å². The minimum absolute atomic E-state index is 0.265. The fraction of sp³-hybridized carbons (Fsp3) is 0.263. The Bertz CT molecular complexity index is 690. The van der Waals surface area contributed by atoms with Crippen molar-refractivity contribution in [1.29, 1.82) is 0 Å². The monoisotopic (exact) mass is 343 g/mol. The van der Waals surface area contributed by atoms with E-state index in [0.29, 0.717) is 5.56 Å². The van der Waals surface area contributed by atoms with Crippen molar-refractivity contribution in [1.82, 2.24) is 5.32 Å². The Labute approximate surface area is 146 Å². The van der Waals surface area contributed by atoms with Crippen LogP contribution in [0.2, 0.25) is 0 Å². The number of benzene rings is 2. The van der Waals surface area contributed by atoms with Crippen molar-refractivity contribution in [3.63, 3.8) is 0 Å². The van der Waals surface area contributed by atoms with Crippen LogP contribution in [0.1, 0.15) is 25.8 Å². The van der Waals surface area contributed by atoms with Crippen LogP contribution < -0.4 is 5.32 Å². The molecule has 126 valence electrons. The second kappa shape index (κ2) is 8.02. The highest BCUT2D eigenvalue weighted by Gasteiger charge is 2.41. The normalized spacial score (nSPS) is 14.4. The summed E-state index contributed by atoms with van der Waals surface area (Å²) in [5.74, 6) is -1.35. The van der Waals surface area contributed by atoms with Crippen LogP contribution in [0.4, 0.5) is 0 Å². The second-order valence-electron chi connectivity index (χ2n) is 5.49. The summed E-state index contributed by atoms with van der Waals surface area (Å²) < 4.78 is 0. The van der Waals surface area contributed by atoms with Gasteiger partial charge in [-0.3, -0.25) is 4.79 Å². The predicted molar refractivity (Wildman–Crippen MR) is 96.0 cm³/mol. The number of amides is 1. The number of hydrogen-bond donors (Lipinski definition) is 2. The summed E-state index contributed by atoms with van der Waals surface area (Å²) in [6.45, 7) is 3.54. The molecule has 0 aliphatic rings. The van der Waals surface area contributed by atoms with Crippen LogP contribution in [0.25, 0.3) is 0 Å². The molecule has 2 N–H and O–H groups in total. The lowest BCUT2D eigenvalue weighted by Gasteiger charge is -2.31. The molecule has 5 heteroatoms. The summed E-state index contributed by atoms with van der Waals surface area (Å²) in [6, 6.07) is 18.4. The van der Waals surface area contributed by atoms with E-state index in [2.05, 4.69) is 5.32 Å². The van der Waals surface area contributed by atoms with Crippen molar-refractivity contribution in [3.05, 3.63) is 66.2 Å². The van der Waals surface area contributed by atoms with Gasteiger partial charge in [0, 0.05) is 4.90 Å². The van der Waals surface area contributed by atoms with Gasteiger partial charge in [0.05, 0.1) is 5.25 Å². The summed E-state index contributed by atoms with van der Waals surface area (Å²) in [5.41, 5.74) is -0.839. The number of carboxylic acid groups (broad SMARTS) is 1. The maximum Gasteiger partial charge on any atom is 0.334 e. The van der Waals surface area contributed by atoms with Gasteiger partial charge in [-0.05, 0) is 31.0 Å². The molecule has 0 saturated heterocycles. The first-order valence-electron chi connectivity index (χ1n) is 7.82. The second-order valence-corrected chi connectivity index (χ2v) is 6.91. The van der Waals surface area contributed by atoms with Crippen LogP contribution in [0.3, 0.4) is 0 Å². The Hall–Kier alpha value is -2.27. The van der Waals surface area contributed by atoms with Gasteiger partial charge in [0.1, 0.15) is 0 Å². The summed E-state index contributed by atoms with van der Waals surface area (Å²) in [7, 11) is 0. The van der Waals surface area contributed by atoms with Crippen molar-refractivity contribution in [3.8, 4) is 0 Å². The number of nitrogens with one attached hydrogen (secondary N) is 1. The van der Waals surface area contributed by atoms with Gasteiger partial charge in [-0.1, -0.05) is 55.5 Å². The number of carboxylic acids is 1. The lowest BCUT2D eigenvalue weighted by molar-refractivity contribution is -0.148. The molecule has 0 bridgehead atoms. The first-order valence-corrected chi connectivity index (χ1v) is 8.70. The molecular weight excluding hydrogens is 322 g/mol. The van der Waals surface area contributed by atoms with Gasteiger partial charge in [-0.15, -0.1) is 11.8 Å². The van der Waals surface area contributed by atoms with Gasteiger partial charge in [-0.2, -0.15) is 0 Å².